The lowest BCUT2D eigenvalue weighted by Crippen LogP contribution is -2.26. The lowest BCUT2D eigenvalue weighted by Gasteiger charge is -2.17. The minimum Gasteiger partial charge on any atom is -0.492 e. The molecule has 3 N–H and O–H groups in total. The number of hydrogen-bond donors (Lipinski definition) is 3. The molecular formula is C15H18N2O4. The van der Waals surface area contributed by atoms with Crippen LogP contribution in [0.25, 0.3) is 0 Å². The summed E-state index contributed by atoms with van der Waals surface area (Å²) in [5.74, 6) is 0.0829. The molecule has 0 spiro atoms. The van der Waals surface area contributed by atoms with Gasteiger partial charge in [-0.05, 0) is 24.6 Å². The summed E-state index contributed by atoms with van der Waals surface area (Å²) < 4.78 is 0.247. The Bertz CT molecular complexity index is 667. The van der Waals surface area contributed by atoms with Crippen LogP contribution in [0.1, 0.15) is 24.0 Å². The minimum atomic E-state index is -0.658. The molecule has 6 nitrogen and oxygen atoms in total. The van der Waals surface area contributed by atoms with Gasteiger partial charge in [0.25, 0.3) is 5.56 Å². The Hall–Kier alpha value is -2.47. The molecule has 0 saturated heterocycles. The van der Waals surface area contributed by atoms with Crippen LogP contribution in [0.2, 0.25) is 0 Å². The Morgan fingerprint density at radius 3 is 2.67 bits per heavy atom. The third-order valence-corrected chi connectivity index (χ3v) is 3.23. The number of para-hydroxylation sites is 1. The zero-order valence-corrected chi connectivity index (χ0v) is 11.9. The van der Waals surface area contributed by atoms with Crippen LogP contribution in [0, 0.1) is 6.92 Å². The molecule has 2 rings (SSSR count). The van der Waals surface area contributed by atoms with Crippen LogP contribution in [0.3, 0.4) is 0 Å². The zero-order chi connectivity index (χ0) is 15.4. The molecule has 0 aliphatic carbocycles. The average molecular weight is 290 g/mol. The fourth-order valence-electron chi connectivity index (χ4n) is 2.17. The van der Waals surface area contributed by atoms with Crippen molar-refractivity contribution >= 4 is 0 Å². The Morgan fingerprint density at radius 2 is 2.00 bits per heavy atom. The van der Waals surface area contributed by atoms with Crippen molar-refractivity contribution in [3.05, 3.63) is 57.9 Å². The lowest BCUT2D eigenvalue weighted by molar-refractivity contribution is 0.139. The Morgan fingerprint density at radius 1 is 1.33 bits per heavy atom. The molecule has 0 aliphatic rings. The third kappa shape index (κ3) is 3.35. The van der Waals surface area contributed by atoms with E-state index in [1.807, 2.05) is 37.3 Å². The molecule has 0 radical (unpaired) electrons. The second-order valence-electron chi connectivity index (χ2n) is 4.88. The Balaban J connectivity index is 2.06. The molecule has 1 heterocycles. The average Bonchev–Trinajstić information content (AvgIpc) is 2.46. The summed E-state index contributed by atoms with van der Waals surface area (Å²) in [4.78, 5) is 16.7. The number of benzene rings is 1. The number of aryl methyl sites for hydroxylation is 1. The van der Waals surface area contributed by atoms with E-state index in [2.05, 4.69) is 5.48 Å². The van der Waals surface area contributed by atoms with Gasteiger partial charge in [-0.1, -0.05) is 25.1 Å². The maximum Gasteiger partial charge on any atom is 0.286 e. The Kier molecular flexibility index (Phi) is 4.49. The summed E-state index contributed by atoms with van der Waals surface area (Å²) >= 11 is 0. The van der Waals surface area contributed by atoms with Gasteiger partial charge in [-0.3, -0.25) is 4.79 Å². The smallest absolute Gasteiger partial charge is 0.286 e. The van der Waals surface area contributed by atoms with Crippen molar-refractivity contribution in [2.75, 3.05) is 6.54 Å². The van der Waals surface area contributed by atoms with E-state index in [-0.39, 0.29) is 10.6 Å². The predicted octanol–water partition coefficient (Wildman–Crippen LogP) is 1.79. The highest BCUT2D eigenvalue weighted by Crippen LogP contribution is 2.26. The molecule has 0 amide bonds. The van der Waals surface area contributed by atoms with Crippen LogP contribution in [-0.2, 0) is 0 Å². The Labute approximate surface area is 122 Å². The van der Waals surface area contributed by atoms with Crippen molar-refractivity contribution in [2.24, 2.45) is 0 Å². The van der Waals surface area contributed by atoms with E-state index >= 15 is 0 Å². The number of hydrogen-bond acceptors (Lipinski definition) is 5. The molecule has 1 aromatic heterocycles. The van der Waals surface area contributed by atoms with Crippen LogP contribution < -0.4 is 15.9 Å². The highest BCUT2D eigenvalue weighted by atomic mass is 16.6. The fraction of sp³-hybridized carbons (Fsp3) is 0.267. The molecule has 1 aromatic carbocycles. The lowest BCUT2D eigenvalue weighted by atomic mass is 9.98. The van der Waals surface area contributed by atoms with Gasteiger partial charge in [0.15, 0.2) is 0 Å². The van der Waals surface area contributed by atoms with Crippen LogP contribution in [0.4, 0.5) is 0 Å². The summed E-state index contributed by atoms with van der Waals surface area (Å²) in [6.45, 7) is 3.97. The van der Waals surface area contributed by atoms with Gasteiger partial charge < -0.3 is 15.2 Å². The monoisotopic (exact) mass is 290 g/mol. The number of hydroxylamine groups is 1. The molecule has 0 aliphatic heterocycles. The van der Waals surface area contributed by atoms with Gasteiger partial charge in [-0.2, -0.15) is 5.48 Å². The molecule has 1 atom stereocenters. The van der Waals surface area contributed by atoms with Crippen molar-refractivity contribution in [3.63, 3.8) is 0 Å². The third-order valence-electron chi connectivity index (χ3n) is 3.23. The number of aromatic hydroxyl groups is 1. The van der Waals surface area contributed by atoms with Crippen LogP contribution in [0.5, 0.6) is 11.6 Å². The van der Waals surface area contributed by atoms with Gasteiger partial charge in [-0.25, -0.2) is 0 Å². The number of aromatic nitrogens is 1. The van der Waals surface area contributed by atoms with Gasteiger partial charge in [0, 0.05) is 24.1 Å². The van der Waals surface area contributed by atoms with Crippen molar-refractivity contribution in [1.29, 1.82) is 0 Å². The van der Waals surface area contributed by atoms with E-state index in [1.165, 1.54) is 6.07 Å². The van der Waals surface area contributed by atoms with E-state index < -0.39 is 11.4 Å². The first-order valence-corrected chi connectivity index (χ1v) is 6.60. The first kappa shape index (κ1) is 14.9. The quantitative estimate of drug-likeness (QED) is 0.577. The van der Waals surface area contributed by atoms with Crippen molar-refractivity contribution in [1.82, 2.24) is 10.2 Å². The summed E-state index contributed by atoms with van der Waals surface area (Å²) in [5, 5.41) is 19.4. The molecule has 6 heteroatoms. The van der Waals surface area contributed by atoms with Crippen LogP contribution in [-0.4, -0.2) is 21.6 Å². The number of nitrogens with one attached hydrogen (secondary N) is 1. The van der Waals surface area contributed by atoms with E-state index in [9.17, 15) is 15.1 Å². The molecule has 21 heavy (non-hydrogen) atoms. The first-order chi connectivity index (χ1) is 10.0. The van der Waals surface area contributed by atoms with Crippen molar-refractivity contribution < 1.29 is 15.2 Å². The number of pyridine rings is 1. The second kappa shape index (κ2) is 6.32. The zero-order valence-electron chi connectivity index (χ0n) is 11.9. The summed E-state index contributed by atoms with van der Waals surface area (Å²) in [7, 11) is 0. The maximum atomic E-state index is 11.3. The molecule has 2 aromatic rings. The molecule has 0 saturated carbocycles. The topological polar surface area (TPSA) is 83.7 Å². The molecule has 0 fully saturated rings. The van der Waals surface area contributed by atoms with Gasteiger partial charge in [-0.15, -0.1) is 4.73 Å². The summed E-state index contributed by atoms with van der Waals surface area (Å²) in [6.07, 6.45) is 0. The highest BCUT2D eigenvalue weighted by molar-refractivity contribution is 5.36. The second-order valence-corrected chi connectivity index (χ2v) is 4.88. The summed E-state index contributed by atoms with van der Waals surface area (Å²) in [5.41, 5.74) is 3.27. The SMILES string of the molecule is Cc1cc(=O)n(O)c(O)c1C(C)CNOc1ccccc1. The van der Waals surface area contributed by atoms with Crippen LogP contribution >= 0.6 is 0 Å². The molecule has 1 unspecified atom stereocenters. The predicted molar refractivity (Wildman–Crippen MR) is 77.8 cm³/mol. The molecular weight excluding hydrogens is 272 g/mol. The molecule has 0 bridgehead atoms. The number of rotatable bonds is 5. The van der Waals surface area contributed by atoms with Gasteiger partial charge in [0.1, 0.15) is 5.75 Å². The van der Waals surface area contributed by atoms with Crippen molar-refractivity contribution in [3.8, 4) is 11.6 Å². The number of nitrogens with zero attached hydrogens (tertiary/aromatic N) is 1. The van der Waals surface area contributed by atoms with Crippen molar-refractivity contribution in [2.45, 2.75) is 19.8 Å². The maximum absolute atomic E-state index is 11.3. The van der Waals surface area contributed by atoms with Gasteiger partial charge >= 0.3 is 0 Å². The first-order valence-electron chi connectivity index (χ1n) is 6.60. The van der Waals surface area contributed by atoms with E-state index in [0.29, 0.717) is 23.4 Å². The van der Waals surface area contributed by atoms with E-state index in [0.717, 1.165) is 0 Å². The van der Waals surface area contributed by atoms with Gasteiger partial charge in [0.2, 0.25) is 5.88 Å². The summed E-state index contributed by atoms with van der Waals surface area (Å²) in [6, 6.07) is 10.5. The van der Waals surface area contributed by atoms with E-state index in [1.54, 1.807) is 6.92 Å². The highest BCUT2D eigenvalue weighted by Gasteiger charge is 2.18. The standard InChI is InChI=1S/C15H18N2O4/c1-10-8-13(18)17(20)15(19)14(10)11(2)9-16-21-12-6-4-3-5-7-12/h3-8,11,16,19-20H,9H2,1-2H3. The van der Waals surface area contributed by atoms with Crippen LogP contribution in [0.15, 0.2) is 41.2 Å². The van der Waals surface area contributed by atoms with Gasteiger partial charge in [0.05, 0.1) is 0 Å². The van der Waals surface area contributed by atoms with E-state index in [4.69, 9.17) is 4.84 Å². The molecule has 112 valence electrons. The fourth-order valence-corrected chi connectivity index (χ4v) is 2.17. The normalized spacial score (nSPS) is 12.1. The largest absolute Gasteiger partial charge is 0.492 e. The minimum absolute atomic E-state index is 0.160.